The number of H-pyrrole nitrogens is 1. The van der Waals surface area contributed by atoms with Crippen LogP contribution in [-0.4, -0.2) is 32.1 Å². The molecule has 0 saturated heterocycles. The molecule has 2 aromatic carbocycles. The van der Waals surface area contributed by atoms with Crippen LogP contribution in [-0.2, 0) is 4.79 Å². The number of carboxylic acid groups (broad SMARTS) is 1. The summed E-state index contributed by atoms with van der Waals surface area (Å²) in [4.78, 5) is 24.7. The number of halogens is 2. The van der Waals surface area contributed by atoms with Crippen molar-refractivity contribution in [3.8, 4) is 22.6 Å². The minimum atomic E-state index is -0.754. The van der Waals surface area contributed by atoms with Crippen molar-refractivity contribution in [2.24, 2.45) is 17.8 Å². The Morgan fingerprint density at radius 2 is 1.80 bits per heavy atom. The summed E-state index contributed by atoms with van der Waals surface area (Å²) in [6, 6.07) is 14.4. The molecule has 6 nitrogen and oxygen atoms in total. The molecule has 2 bridgehead atoms. The number of fused-ring (bicyclic) bond motifs is 4. The number of hydrogen-bond donors (Lipinski definition) is 3. The molecule has 3 aliphatic rings. The molecule has 3 N–H and O–H groups in total. The third-order valence-electron chi connectivity index (χ3n) is 7.56. The van der Waals surface area contributed by atoms with E-state index in [0.717, 1.165) is 31.2 Å². The summed E-state index contributed by atoms with van der Waals surface area (Å²) >= 11 is 6.15. The van der Waals surface area contributed by atoms with E-state index in [2.05, 4.69) is 10.3 Å². The van der Waals surface area contributed by atoms with Crippen LogP contribution in [0.4, 0.5) is 10.2 Å². The number of nitrogens with zero attached hydrogens (tertiary/aromatic N) is 2. The summed E-state index contributed by atoms with van der Waals surface area (Å²) in [6.45, 7) is 0. The van der Waals surface area contributed by atoms with Gasteiger partial charge >= 0.3 is 5.97 Å². The van der Waals surface area contributed by atoms with Crippen LogP contribution in [0.1, 0.15) is 25.7 Å². The third kappa shape index (κ3) is 3.93. The minimum absolute atomic E-state index is 0.184. The van der Waals surface area contributed by atoms with Gasteiger partial charge in [-0.25, -0.2) is 14.4 Å². The summed E-state index contributed by atoms with van der Waals surface area (Å²) in [5.41, 5.74) is 2.57. The smallest absolute Gasteiger partial charge is 0.308 e. The van der Waals surface area contributed by atoms with E-state index < -0.39 is 17.7 Å². The van der Waals surface area contributed by atoms with E-state index >= 15 is 0 Å². The van der Waals surface area contributed by atoms with Gasteiger partial charge in [0.1, 0.15) is 11.6 Å². The van der Waals surface area contributed by atoms with Crippen molar-refractivity contribution in [2.75, 3.05) is 5.32 Å². The Labute approximate surface area is 206 Å². The highest BCUT2D eigenvalue weighted by Gasteiger charge is 2.47. The van der Waals surface area contributed by atoms with Crippen LogP contribution in [0.3, 0.4) is 0 Å². The lowest BCUT2D eigenvalue weighted by molar-refractivity contribution is -0.148. The molecule has 8 heteroatoms. The molecular formula is C27H24ClFN4O2. The fourth-order valence-corrected chi connectivity index (χ4v) is 6.13. The maximum absolute atomic E-state index is 14.5. The monoisotopic (exact) mass is 490 g/mol. The fourth-order valence-electron chi connectivity index (χ4n) is 5.92. The molecule has 35 heavy (non-hydrogen) atoms. The first-order chi connectivity index (χ1) is 17.0. The van der Waals surface area contributed by atoms with Crippen LogP contribution in [0.15, 0.2) is 54.7 Å². The molecular weight excluding hydrogens is 467 g/mol. The maximum Gasteiger partial charge on any atom is 0.308 e. The Bertz CT molecular complexity index is 1420. The van der Waals surface area contributed by atoms with Gasteiger partial charge in [0.05, 0.1) is 17.1 Å². The van der Waals surface area contributed by atoms with Crippen molar-refractivity contribution in [1.29, 1.82) is 0 Å². The van der Waals surface area contributed by atoms with E-state index in [1.165, 1.54) is 6.07 Å². The first-order valence-corrected chi connectivity index (χ1v) is 12.3. The average Bonchev–Trinajstić information content (AvgIpc) is 3.29. The normalized spacial score (nSPS) is 23.5. The van der Waals surface area contributed by atoms with Crippen molar-refractivity contribution in [3.05, 3.63) is 65.6 Å². The third-order valence-corrected chi connectivity index (χ3v) is 7.78. The first-order valence-electron chi connectivity index (χ1n) is 11.9. The van der Waals surface area contributed by atoms with Crippen LogP contribution in [0.2, 0.25) is 5.02 Å². The summed E-state index contributed by atoms with van der Waals surface area (Å²) in [5, 5.41) is 14.4. The molecule has 3 fully saturated rings. The van der Waals surface area contributed by atoms with Crippen LogP contribution in [0.5, 0.6) is 0 Å². The number of aromatic nitrogens is 3. The van der Waals surface area contributed by atoms with Gasteiger partial charge < -0.3 is 15.4 Å². The van der Waals surface area contributed by atoms with Gasteiger partial charge in [0.2, 0.25) is 0 Å². The van der Waals surface area contributed by atoms with Crippen LogP contribution >= 0.6 is 11.6 Å². The molecule has 0 unspecified atom stereocenters. The molecule has 2 atom stereocenters. The van der Waals surface area contributed by atoms with Crippen molar-refractivity contribution in [3.63, 3.8) is 0 Å². The number of aromatic amines is 1. The van der Waals surface area contributed by atoms with E-state index in [4.69, 9.17) is 21.6 Å². The molecule has 0 aliphatic heterocycles. The van der Waals surface area contributed by atoms with Crippen LogP contribution in [0.25, 0.3) is 33.5 Å². The maximum atomic E-state index is 14.5. The number of rotatable bonds is 5. The number of hydrogen-bond acceptors (Lipinski definition) is 4. The number of aliphatic carboxylic acids is 1. The zero-order valence-corrected chi connectivity index (χ0v) is 19.6. The lowest BCUT2D eigenvalue weighted by Crippen LogP contribution is -2.51. The lowest BCUT2D eigenvalue weighted by Gasteiger charge is -2.47. The van der Waals surface area contributed by atoms with Crippen molar-refractivity contribution >= 4 is 34.3 Å². The SMILES string of the molecule is O=C(O)[C@H]1C2CCC(CC2)[C@@H]1Nc1cc(-c2ccccc2)nc(-c2c[nH]c3c(F)cc(Cl)cc23)n1. The summed E-state index contributed by atoms with van der Waals surface area (Å²) in [5.74, 6) is -0.189. The van der Waals surface area contributed by atoms with Crippen molar-refractivity contribution < 1.29 is 14.3 Å². The minimum Gasteiger partial charge on any atom is -0.481 e. The Balaban J connectivity index is 1.47. The zero-order chi connectivity index (χ0) is 24.1. The van der Waals surface area contributed by atoms with Gasteiger partial charge in [-0.2, -0.15) is 0 Å². The van der Waals surface area contributed by atoms with Crippen molar-refractivity contribution in [2.45, 2.75) is 31.7 Å². The van der Waals surface area contributed by atoms with Crippen LogP contribution in [0, 0.1) is 23.6 Å². The highest BCUT2D eigenvalue weighted by atomic mass is 35.5. The number of carbonyl (C=O) groups is 1. The average molecular weight is 491 g/mol. The zero-order valence-electron chi connectivity index (χ0n) is 18.8. The number of carboxylic acids is 1. The number of benzene rings is 2. The van der Waals surface area contributed by atoms with Gasteiger partial charge in [-0.1, -0.05) is 41.9 Å². The largest absolute Gasteiger partial charge is 0.481 e. The van der Waals surface area contributed by atoms with Gasteiger partial charge in [-0.15, -0.1) is 0 Å². The summed E-state index contributed by atoms with van der Waals surface area (Å²) < 4.78 is 14.5. The van der Waals surface area contributed by atoms with Gasteiger partial charge in [0.25, 0.3) is 0 Å². The van der Waals surface area contributed by atoms with Gasteiger partial charge in [-0.05, 0) is 49.7 Å². The molecule has 178 valence electrons. The van der Waals surface area contributed by atoms with E-state index in [0.29, 0.717) is 39.7 Å². The molecule has 3 aliphatic carbocycles. The number of nitrogens with one attached hydrogen (secondary N) is 2. The van der Waals surface area contributed by atoms with E-state index in [-0.39, 0.29) is 17.0 Å². The molecule has 0 radical (unpaired) electrons. The van der Waals surface area contributed by atoms with Crippen LogP contribution < -0.4 is 5.32 Å². The second-order valence-corrected chi connectivity index (χ2v) is 9.99. The van der Waals surface area contributed by atoms with E-state index in [1.807, 2.05) is 36.4 Å². The highest BCUT2D eigenvalue weighted by Crippen LogP contribution is 2.46. The molecule has 2 heterocycles. The van der Waals surface area contributed by atoms with E-state index in [1.54, 1.807) is 12.3 Å². The number of anilines is 1. The molecule has 0 spiro atoms. The quantitative estimate of drug-likeness (QED) is 0.301. The fraction of sp³-hybridized carbons (Fsp3) is 0.296. The Morgan fingerprint density at radius 1 is 1.06 bits per heavy atom. The molecule has 0 amide bonds. The molecule has 2 aromatic heterocycles. The molecule has 4 aromatic rings. The molecule has 7 rings (SSSR count). The second kappa shape index (κ2) is 8.64. The summed E-state index contributed by atoms with van der Waals surface area (Å²) in [7, 11) is 0. The van der Waals surface area contributed by atoms with Crippen molar-refractivity contribution in [1.82, 2.24) is 15.0 Å². The predicted molar refractivity (Wildman–Crippen MR) is 134 cm³/mol. The standard InChI is InChI=1S/C27H24ClFN4O2/c28-17-10-18-19(13-30-25(18)20(29)11-17)26-31-21(14-4-2-1-3-5-14)12-22(33-26)32-24-16-8-6-15(7-9-16)23(24)27(34)35/h1-5,10-13,15-16,23-24,30H,6-9H2,(H,34,35)(H,31,32,33)/t15?,16?,23-,24-/m0/s1. The van der Waals surface area contributed by atoms with E-state index in [9.17, 15) is 14.3 Å². The summed E-state index contributed by atoms with van der Waals surface area (Å²) in [6.07, 6.45) is 5.66. The van der Waals surface area contributed by atoms with Gasteiger partial charge in [0, 0.05) is 39.8 Å². The highest BCUT2D eigenvalue weighted by molar-refractivity contribution is 6.31. The predicted octanol–water partition coefficient (Wildman–Crippen LogP) is 6.39. The Morgan fingerprint density at radius 3 is 2.54 bits per heavy atom. The Kier molecular flexibility index (Phi) is 5.44. The lowest BCUT2D eigenvalue weighted by atomic mass is 9.61. The second-order valence-electron chi connectivity index (χ2n) is 9.55. The first kappa shape index (κ1) is 22.0. The topological polar surface area (TPSA) is 90.9 Å². The van der Waals surface area contributed by atoms with Gasteiger partial charge in [0.15, 0.2) is 5.82 Å². The Hall–Kier alpha value is -3.45. The molecule has 3 saturated carbocycles. The van der Waals surface area contributed by atoms with Gasteiger partial charge in [-0.3, -0.25) is 4.79 Å².